The molecular weight excluding hydrogens is 302 g/mol. The van der Waals surface area contributed by atoms with E-state index in [9.17, 15) is 19.2 Å². The maximum Gasteiger partial charge on any atom is 0.245 e. The summed E-state index contributed by atoms with van der Waals surface area (Å²) < 4.78 is 0. The minimum absolute atomic E-state index is 0.0316. The van der Waals surface area contributed by atoms with Crippen molar-refractivity contribution in [3.63, 3.8) is 0 Å². The topological polar surface area (TPSA) is 68.3 Å². The first-order valence-corrected chi connectivity index (χ1v) is 5.20. The van der Waals surface area contributed by atoms with Crippen molar-refractivity contribution < 1.29 is 19.2 Å². The summed E-state index contributed by atoms with van der Waals surface area (Å²) in [6.07, 6.45) is 1.83. The van der Waals surface area contributed by atoms with E-state index in [4.69, 9.17) is 46.4 Å². The SMILES string of the molecule is O=C(Cl)/C=C\C(=O)Cl.O=C(Cl)CCC(=O)Cl. The van der Waals surface area contributed by atoms with E-state index < -0.39 is 21.0 Å². The molecule has 0 heterocycles. The molecule has 0 rings (SSSR count). The second-order valence-corrected chi connectivity index (χ2v) is 3.74. The Morgan fingerprint density at radius 3 is 1.06 bits per heavy atom. The van der Waals surface area contributed by atoms with Crippen LogP contribution in [0.1, 0.15) is 12.8 Å². The summed E-state index contributed by atoms with van der Waals surface area (Å²) >= 11 is 19.3. The van der Waals surface area contributed by atoms with Crippen molar-refractivity contribution in [2.75, 3.05) is 0 Å². The number of carbonyl (C=O) groups is 4. The van der Waals surface area contributed by atoms with Crippen molar-refractivity contribution in [3.8, 4) is 0 Å². The van der Waals surface area contributed by atoms with E-state index in [1.54, 1.807) is 0 Å². The van der Waals surface area contributed by atoms with Crippen LogP contribution in [0.5, 0.6) is 0 Å². The normalized spacial score (nSPS) is 9.25. The standard InChI is InChI=1S/C4H4Cl2O2.C4H2Cl2O2/c2*5-3(7)1-2-4(6)8/h1-2H2;1-2H/b;2-1-. The lowest BCUT2D eigenvalue weighted by Gasteiger charge is -1.83. The minimum Gasteiger partial charge on any atom is -0.281 e. The van der Waals surface area contributed by atoms with Crippen LogP contribution in [-0.4, -0.2) is 21.0 Å². The molecular formula is C8H6Cl4O4. The molecule has 4 nitrogen and oxygen atoms in total. The maximum absolute atomic E-state index is 9.90. The van der Waals surface area contributed by atoms with E-state index in [0.717, 1.165) is 12.2 Å². The van der Waals surface area contributed by atoms with Crippen LogP contribution < -0.4 is 0 Å². The highest BCUT2D eigenvalue weighted by atomic mass is 35.5. The first kappa shape index (κ1) is 18.0. The molecule has 0 aromatic carbocycles. The summed E-state index contributed by atoms with van der Waals surface area (Å²) in [5.41, 5.74) is 0. The molecule has 0 bridgehead atoms. The Kier molecular flexibility index (Phi) is 12.4. The second kappa shape index (κ2) is 11.1. The van der Waals surface area contributed by atoms with E-state index in [0.29, 0.717) is 0 Å². The van der Waals surface area contributed by atoms with Crippen molar-refractivity contribution in [3.05, 3.63) is 12.2 Å². The van der Waals surface area contributed by atoms with Gasteiger partial charge in [-0.2, -0.15) is 0 Å². The fourth-order valence-corrected chi connectivity index (χ4v) is 0.643. The molecule has 0 aromatic heterocycles. The quantitative estimate of drug-likeness (QED) is 0.577. The summed E-state index contributed by atoms with van der Waals surface area (Å²) in [6, 6.07) is 0. The van der Waals surface area contributed by atoms with Crippen LogP contribution >= 0.6 is 46.4 Å². The molecule has 0 aliphatic carbocycles. The van der Waals surface area contributed by atoms with E-state index in [2.05, 4.69) is 0 Å². The fraction of sp³-hybridized carbons (Fsp3) is 0.250. The first-order chi connectivity index (χ1) is 7.25. The lowest BCUT2D eigenvalue weighted by atomic mass is 10.4. The van der Waals surface area contributed by atoms with Crippen LogP contribution in [-0.2, 0) is 19.2 Å². The molecule has 0 amide bonds. The Morgan fingerprint density at radius 1 is 0.688 bits per heavy atom. The number of carbonyl (C=O) groups excluding carboxylic acids is 4. The Hall–Kier alpha value is -0.420. The molecule has 0 aliphatic heterocycles. The smallest absolute Gasteiger partial charge is 0.245 e. The molecule has 0 aromatic rings. The summed E-state index contributed by atoms with van der Waals surface area (Å²) in [5, 5.41) is -2.48. The number of halogens is 4. The van der Waals surface area contributed by atoms with Gasteiger partial charge in [0, 0.05) is 25.0 Å². The number of rotatable bonds is 5. The van der Waals surface area contributed by atoms with Crippen molar-refractivity contribution in [1.29, 1.82) is 0 Å². The highest BCUT2D eigenvalue weighted by Gasteiger charge is 1.99. The summed E-state index contributed by atoms with van der Waals surface area (Å²) in [7, 11) is 0. The third-order valence-corrected chi connectivity index (χ3v) is 1.49. The predicted molar refractivity (Wildman–Crippen MR) is 61.8 cm³/mol. The molecule has 0 atom stereocenters. The van der Waals surface area contributed by atoms with E-state index in [1.807, 2.05) is 0 Å². The molecule has 0 N–H and O–H groups in total. The molecule has 0 saturated heterocycles. The first-order valence-electron chi connectivity index (χ1n) is 3.69. The molecule has 0 fully saturated rings. The third-order valence-electron chi connectivity index (χ3n) is 0.864. The van der Waals surface area contributed by atoms with Crippen molar-refractivity contribution in [2.45, 2.75) is 12.8 Å². The highest BCUT2D eigenvalue weighted by molar-refractivity contribution is 6.69. The van der Waals surface area contributed by atoms with Gasteiger partial charge in [0.15, 0.2) is 0 Å². The zero-order valence-corrected chi connectivity index (χ0v) is 10.7. The molecule has 90 valence electrons. The van der Waals surface area contributed by atoms with Gasteiger partial charge < -0.3 is 0 Å². The van der Waals surface area contributed by atoms with Gasteiger partial charge in [-0.1, -0.05) is 0 Å². The second-order valence-electron chi connectivity index (χ2n) is 2.15. The Bertz CT molecular complexity index is 281. The van der Waals surface area contributed by atoms with Gasteiger partial charge in [-0.05, 0) is 46.4 Å². The van der Waals surface area contributed by atoms with Crippen LogP contribution in [0, 0.1) is 0 Å². The lowest BCUT2D eigenvalue weighted by Crippen LogP contribution is -1.90. The average molecular weight is 308 g/mol. The Morgan fingerprint density at radius 2 is 0.938 bits per heavy atom. The zero-order chi connectivity index (χ0) is 13.1. The summed E-state index contributed by atoms with van der Waals surface area (Å²) in [6.45, 7) is 0. The van der Waals surface area contributed by atoms with Crippen LogP contribution in [0.15, 0.2) is 12.2 Å². The van der Waals surface area contributed by atoms with E-state index in [-0.39, 0.29) is 12.8 Å². The summed E-state index contributed by atoms with van der Waals surface area (Å²) in [5.74, 6) is 0. The van der Waals surface area contributed by atoms with Crippen LogP contribution in [0.3, 0.4) is 0 Å². The molecule has 0 saturated carbocycles. The van der Waals surface area contributed by atoms with Gasteiger partial charge in [-0.15, -0.1) is 0 Å². The van der Waals surface area contributed by atoms with Gasteiger partial charge in [0.05, 0.1) is 0 Å². The number of allylic oxidation sites excluding steroid dienone is 2. The molecule has 0 unspecified atom stereocenters. The molecule has 0 aliphatic rings. The maximum atomic E-state index is 9.90. The van der Waals surface area contributed by atoms with Crippen LogP contribution in [0.25, 0.3) is 0 Å². The lowest BCUT2D eigenvalue weighted by molar-refractivity contribution is -0.116. The van der Waals surface area contributed by atoms with Crippen molar-refractivity contribution in [2.24, 2.45) is 0 Å². The monoisotopic (exact) mass is 306 g/mol. The van der Waals surface area contributed by atoms with Gasteiger partial charge in [0.1, 0.15) is 0 Å². The van der Waals surface area contributed by atoms with Crippen LogP contribution in [0.2, 0.25) is 0 Å². The largest absolute Gasteiger partial charge is 0.281 e. The van der Waals surface area contributed by atoms with Crippen molar-refractivity contribution >= 4 is 67.4 Å². The Labute approximate surface area is 111 Å². The average Bonchev–Trinajstić information content (AvgIpc) is 2.12. The Balaban J connectivity index is 0. The molecule has 8 heteroatoms. The number of hydrogen-bond donors (Lipinski definition) is 0. The highest BCUT2D eigenvalue weighted by Crippen LogP contribution is 1.97. The zero-order valence-electron chi connectivity index (χ0n) is 7.71. The van der Waals surface area contributed by atoms with E-state index >= 15 is 0 Å². The fourth-order valence-electron chi connectivity index (χ4n) is 0.328. The van der Waals surface area contributed by atoms with Gasteiger partial charge in [-0.25, -0.2) is 0 Å². The van der Waals surface area contributed by atoms with Gasteiger partial charge in [-0.3, -0.25) is 19.2 Å². The van der Waals surface area contributed by atoms with Gasteiger partial charge in [0.25, 0.3) is 0 Å². The van der Waals surface area contributed by atoms with E-state index in [1.165, 1.54) is 0 Å². The van der Waals surface area contributed by atoms with Gasteiger partial charge >= 0.3 is 0 Å². The molecule has 16 heavy (non-hydrogen) atoms. The predicted octanol–water partition coefficient (Wildman–Crippen LogP) is 2.37. The molecule has 0 spiro atoms. The molecule has 0 radical (unpaired) electrons. The van der Waals surface area contributed by atoms with Crippen molar-refractivity contribution in [1.82, 2.24) is 0 Å². The summed E-state index contributed by atoms with van der Waals surface area (Å²) in [4.78, 5) is 39.4. The minimum atomic E-state index is -0.709. The third kappa shape index (κ3) is 23.4. The van der Waals surface area contributed by atoms with Crippen LogP contribution in [0.4, 0.5) is 0 Å². The number of hydrogen-bond acceptors (Lipinski definition) is 4. The van der Waals surface area contributed by atoms with Gasteiger partial charge in [0.2, 0.25) is 21.0 Å².